The van der Waals surface area contributed by atoms with Crippen molar-refractivity contribution in [2.75, 3.05) is 59.6 Å². The Morgan fingerprint density at radius 2 is 2.00 bits per heavy atom. The van der Waals surface area contributed by atoms with E-state index in [-0.39, 0.29) is 17.4 Å². The molecule has 3 rings (SSSR count). The molecular weight excluding hydrogens is 362 g/mol. The summed E-state index contributed by atoms with van der Waals surface area (Å²) in [5.74, 6) is 1.41. The van der Waals surface area contributed by atoms with E-state index in [1.807, 2.05) is 18.7 Å². The number of hydrogen-bond acceptors (Lipinski definition) is 8. The number of piperidine rings is 1. The van der Waals surface area contributed by atoms with Gasteiger partial charge in [-0.3, -0.25) is 9.69 Å². The molecule has 2 fully saturated rings. The Morgan fingerprint density at radius 1 is 1.29 bits per heavy atom. The van der Waals surface area contributed by atoms with Gasteiger partial charge in [0.25, 0.3) is 0 Å². The lowest BCUT2D eigenvalue weighted by Gasteiger charge is -2.42. The molecule has 1 unspecified atom stereocenters. The molecule has 158 valence electrons. The van der Waals surface area contributed by atoms with Crippen molar-refractivity contribution in [1.82, 2.24) is 25.3 Å². The molecule has 28 heavy (non-hydrogen) atoms. The van der Waals surface area contributed by atoms with Crippen LogP contribution in [0.5, 0.6) is 0 Å². The number of piperazine rings is 1. The van der Waals surface area contributed by atoms with Crippen LogP contribution < -0.4 is 5.32 Å². The smallest absolute Gasteiger partial charge is 0.240 e. The zero-order valence-electron chi connectivity index (χ0n) is 17.3. The molecule has 0 saturated carbocycles. The van der Waals surface area contributed by atoms with Crippen LogP contribution >= 0.6 is 0 Å². The van der Waals surface area contributed by atoms with Gasteiger partial charge in [0.1, 0.15) is 6.10 Å². The van der Waals surface area contributed by atoms with Gasteiger partial charge in [-0.05, 0) is 39.8 Å². The zero-order chi connectivity index (χ0) is 20.0. The number of hydrogen-bond donors (Lipinski definition) is 1. The highest BCUT2D eigenvalue weighted by molar-refractivity contribution is 5.83. The Bertz CT molecular complexity index is 618. The Labute approximate surface area is 166 Å². The van der Waals surface area contributed by atoms with Gasteiger partial charge in [-0.2, -0.15) is 4.98 Å². The molecule has 1 aromatic heterocycles. The minimum Gasteiger partial charge on any atom is -0.384 e. The normalized spacial score (nSPS) is 21.6. The predicted octanol–water partition coefficient (Wildman–Crippen LogP) is 0.828. The van der Waals surface area contributed by atoms with Crippen molar-refractivity contribution in [3.05, 3.63) is 11.7 Å². The van der Waals surface area contributed by atoms with Gasteiger partial charge in [0.05, 0.1) is 18.6 Å². The fourth-order valence-electron chi connectivity index (χ4n) is 4.06. The molecule has 0 radical (unpaired) electrons. The Balaban J connectivity index is 1.52. The molecule has 0 aromatic carbocycles. The predicted molar refractivity (Wildman–Crippen MR) is 103 cm³/mol. The number of carbonyl (C=O) groups excluding carboxylic acids is 1. The fourth-order valence-corrected chi connectivity index (χ4v) is 4.06. The topological polar surface area (TPSA) is 93.0 Å². The van der Waals surface area contributed by atoms with Gasteiger partial charge >= 0.3 is 0 Å². The van der Waals surface area contributed by atoms with Crippen molar-refractivity contribution < 1.29 is 18.8 Å². The molecule has 9 nitrogen and oxygen atoms in total. The molecular formula is C19H33N5O4. The minimum absolute atomic E-state index is 0.168. The first-order valence-corrected chi connectivity index (χ1v) is 10.2. The number of carbonyl (C=O) groups is 1. The SMILES string of the molecule is CCOC(C)c1noc(CN2CCN(C(=O)C3(COC)CCNCC3)CC2)n1. The Kier molecular flexibility index (Phi) is 7.39. The van der Waals surface area contributed by atoms with Gasteiger partial charge in [0, 0.05) is 39.9 Å². The molecule has 0 aliphatic carbocycles. The molecule has 3 heterocycles. The summed E-state index contributed by atoms with van der Waals surface area (Å²) in [5.41, 5.74) is -0.376. The second-order valence-electron chi connectivity index (χ2n) is 7.68. The summed E-state index contributed by atoms with van der Waals surface area (Å²) in [5, 5.41) is 7.35. The summed E-state index contributed by atoms with van der Waals surface area (Å²) in [6, 6.07) is 0. The summed E-state index contributed by atoms with van der Waals surface area (Å²) in [7, 11) is 1.68. The number of nitrogens with one attached hydrogen (secondary N) is 1. The van der Waals surface area contributed by atoms with E-state index in [2.05, 4.69) is 20.4 Å². The molecule has 2 aliphatic rings. The summed E-state index contributed by atoms with van der Waals surface area (Å²) < 4.78 is 16.3. The van der Waals surface area contributed by atoms with Crippen molar-refractivity contribution in [3.63, 3.8) is 0 Å². The van der Waals surface area contributed by atoms with Crippen molar-refractivity contribution in [2.45, 2.75) is 39.3 Å². The molecule has 2 saturated heterocycles. The van der Waals surface area contributed by atoms with Crippen molar-refractivity contribution >= 4 is 5.91 Å². The third kappa shape index (κ3) is 4.89. The van der Waals surface area contributed by atoms with Crippen LogP contribution in [0.25, 0.3) is 0 Å². The van der Waals surface area contributed by atoms with Gasteiger partial charge in [0.15, 0.2) is 5.82 Å². The highest BCUT2D eigenvalue weighted by Gasteiger charge is 2.42. The first kappa shape index (κ1) is 21.2. The fraction of sp³-hybridized carbons (Fsp3) is 0.842. The second-order valence-corrected chi connectivity index (χ2v) is 7.68. The van der Waals surface area contributed by atoms with E-state index in [9.17, 15) is 4.79 Å². The molecule has 0 spiro atoms. The van der Waals surface area contributed by atoms with E-state index < -0.39 is 0 Å². The lowest BCUT2D eigenvalue weighted by Crippen LogP contribution is -2.56. The number of rotatable bonds is 8. The number of nitrogens with zero attached hydrogens (tertiary/aromatic N) is 4. The maximum Gasteiger partial charge on any atom is 0.240 e. The van der Waals surface area contributed by atoms with Gasteiger partial charge in [-0.25, -0.2) is 0 Å². The minimum atomic E-state index is -0.376. The van der Waals surface area contributed by atoms with E-state index >= 15 is 0 Å². The van der Waals surface area contributed by atoms with Crippen molar-refractivity contribution in [2.24, 2.45) is 5.41 Å². The lowest BCUT2D eigenvalue weighted by molar-refractivity contribution is -0.149. The zero-order valence-corrected chi connectivity index (χ0v) is 17.3. The van der Waals surface area contributed by atoms with Gasteiger partial charge < -0.3 is 24.2 Å². The average Bonchev–Trinajstić information content (AvgIpc) is 3.18. The number of ether oxygens (including phenoxy) is 2. The number of methoxy groups -OCH3 is 1. The van der Waals surface area contributed by atoms with Crippen LogP contribution in [0.3, 0.4) is 0 Å². The van der Waals surface area contributed by atoms with Gasteiger partial charge in [0.2, 0.25) is 11.8 Å². The summed E-state index contributed by atoms with van der Waals surface area (Å²) in [4.78, 5) is 21.9. The van der Waals surface area contributed by atoms with Crippen LogP contribution in [-0.4, -0.2) is 85.4 Å². The first-order valence-electron chi connectivity index (χ1n) is 10.2. The van der Waals surface area contributed by atoms with Crippen LogP contribution in [0.2, 0.25) is 0 Å². The second kappa shape index (κ2) is 9.78. The monoisotopic (exact) mass is 395 g/mol. The van der Waals surface area contributed by atoms with Crippen molar-refractivity contribution in [3.8, 4) is 0 Å². The van der Waals surface area contributed by atoms with Crippen LogP contribution in [-0.2, 0) is 20.8 Å². The number of amides is 1. The van der Waals surface area contributed by atoms with Crippen LogP contribution in [0.1, 0.15) is 44.5 Å². The Hall–Kier alpha value is -1.55. The van der Waals surface area contributed by atoms with Crippen molar-refractivity contribution in [1.29, 1.82) is 0 Å². The van der Waals surface area contributed by atoms with E-state index in [1.54, 1.807) is 7.11 Å². The highest BCUT2D eigenvalue weighted by Crippen LogP contribution is 2.32. The third-order valence-corrected chi connectivity index (χ3v) is 5.72. The van der Waals surface area contributed by atoms with Crippen LogP contribution in [0.15, 0.2) is 4.52 Å². The quantitative estimate of drug-likeness (QED) is 0.692. The van der Waals surface area contributed by atoms with Gasteiger partial charge in [-0.1, -0.05) is 5.16 Å². The highest BCUT2D eigenvalue weighted by atomic mass is 16.5. The standard InChI is InChI=1S/C19H33N5O4/c1-4-27-15(2)17-21-16(28-22-17)13-23-9-11-24(12-10-23)18(25)19(14-26-3)5-7-20-8-6-19/h15,20H,4-14H2,1-3H3. The van der Waals surface area contributed by atoms with Crippen LogP contribution in [0.4, 0.5) is 0 Å². The van der Waals surface area contributed by atoms with E-state index in [0.29, 0.717) is 44.6 Å². The molecule has 1 atom stereocenters. The largest absolute Gasteiger partial charge is 0.384 e. The summed E-state index contributed by atoms with van der Waals surface area (Å²) in [6.07, 6.45) is 1.50. The average molecular weight is 396 g/mol. The molecule has 1 N–H and O–H groups in total. The lowest BCUT2D eigenvalue weighted by atomic mass is 9.78. The molecule has 0 bridgehead atoms. The first-order chi connectivity index (χ1) is 13.6. The molecule has 9 heteroatoms. The van der Waals surface area contributed by atoms with E-state index in [4.69, 9.17) is 14.0 Å². The van der Waals surface area contributed by atoms with Gasteiger partial charge in [-0.15, -0.1) is 0 Å². The van der Waals surface area contributed by atoms with E-state index in [0.717, 1.165) is 39.0 Å². The molecule has 1 amide bonds. The van der Waals surface area contributed by atoms with E-state index in [1.165, 1.54) is 0 Å². The molecule has 1 aromatic rings. The molecule has 2 aliphatic heterocycles. The maximum absolute atomic E-state index is 13.2. The maximum atomic E-state index is 13.2. The Morgan fingerprint density at radius 3 is 2.64 bits per heavy atom. The number of aromatic nitrogens is 2. The summed E-state index contributed by atoms with van der Waals surface area (Å²) in [6.45, 7) is 10.3. The van der Waals surface area contributed by atoms with Crippen LogP contribution in [0, 0.1) is 5.41 Å². The third-order valence-electron chi connectivity index (χ3n) is 5.72. The summed E-state index contributed by atoms with van der Waals surface area (Å²) >= 11 is 0.